The first-order chi connectivity index (χ1) is 10.1. The highest BCUT2D eigenvalue weighted by Gasteiger charge is 2.19. The van der Waals surface area contributed by atoms with E-state index < -0.39 is 0 Å². The number of ether oxygens (including phenoxy) is 1. The molecule has 1 amide bonds. The summed E-state index contributed by atoms with van der Waals surface area (Å²) in [5.41, 5.74) is 7.00. The molecule has 2 rings (SSSR count). The smallest absolute Gasteiger partial charge is 0.238 e. The van der Waals surface area contributed by atoms with E-state index >= 15 is 0 Å². The Morgan fingerprint density at radius 1 is 1.43 bits per heavy atom. The fourth-order valence-corrected chi connectivity index (χ4v) is 2.75. The van der Waals surface area contributed by atoms with Crippen molar-refractivity contribution in [2.45, 2.75) is 38.6 Å². The van der Waals surface area contributed by atoms with Crippen molar-refractivity contribution in [2.24, 2.45) is 0 Å². The molecule has 0 aromatic heterocycles. The maximum atomic E-state index is 12.3. The topological polar surface area (TPSA) is 67.6 Å². The summed E-state index contributed by atoms with van der Waals surface area (Å²) in [4.78, 5) is 14.5. The minimum Gasteiger partial charge on any atom is -0.494 e. The second-order valence-electron chi connectivity index (χ2n) is 5.68. The first kappa shape index (κ1) is 15.6. The third-order valence-corrected chi connectivity index (χ3v) is 4.04. The molecule has 0 radical (unpaired) electrons. The number of anilines is 2. The third-order valence-electron chi connectivity index (χ3n) is 4.04. The van der Waals surface area contributed by atoms with Crippen LogP contribution in [0.2, 0.25) is 0 Å². The molecule has 1 aliphatic rings. The Balaban J connectivity index is 1.98. The second-order valence-corrected chi connectivity index (χ2v) is 5.68. The van der Waals surface area contributed by atoms with Crippen molar-refractivity contribution < 1.29 is 9.53 Å². The average Bonchev–Trinajstić information content (AvgIpc) is 2.66. The Hall–Kier alpha value is -1.75. The fraction of sp³-hybridized carbons (Fsp3) is 0.562. The molecular weight excluding hydrogens is 266 g/mol. The molecule has 0 aliphatic carbocycles. The van der Waals surface area contributed by atoms with Crippen LogP contribution in [-0.2, 0) is 4.79 Å². The Bertz CT molecular complexity index is 490. The van der Waals surface area contributed by atoms with Gasteiger partial charge < -0.3 is 15.8 Å². The number of hydrogen-bond acceptors (Lipinski definition) is 4. The van der Waals surface area contributed by atoms with E-state index in [0.29, 0.717) is 29.7 Å². The number of methoxy groups -OCH3 is 1. The molecule has 1 unspecified atom stereocenters. The van der Waals surface area contributed by atoms with Gasteiger partial charge in [0.15, 0.2) is 0 Å². The lowest BCUT2D eigenvalue weighted by atomic mass is 10.1. The predicted octanol–water partition coefficient (Wildman–Crippen LogP) is 2.48. The Morgan fingerprint density at radius 3 is 3.00 bits per heavy atom. The maximum absolute atomic E-state index is 12.3. The molecule has 1 atom stereocenters. The molecule has 0 saturated carbocycles. The molecule has 0 bridgehead atoms. The minimum absolute atomic E-state index is 0.00757. The van der Waals surface area contributed by atoms with Gasteiger partial charge in [-0.25, -0.2) is 0 Å². The van der Waals surface area contributed by atoms with Crippen LogP contribution in [0.25, 0.3) is 0 Å². The molecule has 21 heavy (non-hydrogen) atoms. The zero-order valence-electron chi connectivity index (χ0n) is 12.9. The van der Waals surface area contributed by atoms with Gasteiger partial charge in [-0.05, 0) is 38.4 Å². The lowest BCUT2D eigenvalue weighted by molar-refractivity contribution is -0.117. The zero-order valence-corrected chi connectivity index (χ0v) is 12.9. The number of nitrogen functional groups attached to an aromatic ring is 1. The number of carbonyl (C=O) groups is 1. The Labute approximate surface area is 126 Å². The molecule has 116 valence electrons. The normalized spacial score (nSPS) is 19.8. The quantitative estimate of drug-likeness (QED) is 0.836. The van der Waals surface area contributed by atoms with Crippen molar-refractivity contribution in [2.75, 3.05) is 31.2 Å². The molecule has 1 aliphatic heterocycles. The van der Waals surface area contributed by atoms with Gasteiger partial charge in [0.25, 0.3) is 0 Å². The monoisotopic (exact) mass is 291 g/mol. The third kappa shape index (κ3) is 4.36. The summed E-state index contributed by atoms with van der Waals surface area (Å²) in [5, 5.41) is 2.92. The first-order valence-corrected chi connectivity index (χ1v) is 7.57. The number of carbonyl (C=O) groups excluding carboxylic acids is 1. The molecule has 5 nitrogen and oxygen atoms in total. The molecule has 5 heteroatoms. The SMILES string of the molecule is COc1cc(N)ccc1NC(=O)CN1CCCCCC1C. The number of rotatable bonds is 4. The summed E-state index contributed by atoms with van der Waals surface area (Å²) in [5.74, 6) is 0.582. The summed E-state index contributed by atoms with van der Waals surface area (Å²) < 4.78 is 5.25. The van der Waals surface area contributed by atoms with Crippen LogP contribution < -0.4 is 15.8 Å². The van der Waals surface area contributed by atoms with E-state index in [1.165, 1.54) is 25.7 Å². The van der Waals surface area contributed by atoms with Crippen molar-refractivity contribution in [3.63, 3.8) is 0 Å². The molecule has 1 aromatic carbocycles. The van der Waals surface area contributed by atoms with Crippen LogP contribution in [0.15, 0.2) is 18.2 Å². The van der Waals surface area contributed by atoms with Crippen LogP contribution in [0.1, 0.15) is 32.6 Å². The highest BCUT2D eigenvalue weighted by atomic mass is 16.5. The standard InChI is InChI=1S/C16H25N3O2/c1-12-6-4-3-5-9-19(12)11-16(20)18-14-8-7-13(17)10-15(14)21-2/h7-8,10,12H,3-6,9,11,17H2,1-2H3,(H,18,20). The van der Waals surface area contributed by atoms with Crippen LogP contribution in [0.3, 0.4) is 0 Å². The molecular formula is C16H25N3O2. The van der Waals surface area contributed by atoms with E-state index in [1.54, 1.807) is 25.3 Å². The number of hydrogen-bond donors (Lipinski definition) is 2. The van der Waals surface area contributed by atoms with Crippen LogP contribution in [0.4, 0.5) is 11.4 Å². The van der Waals surface area contributed by atoms with Gasteiger partial charge in [-0.2, -0.15) is 0 Å². The summed E-state index contributed by atoms with van der Waals surface area (Å²) >= 11 is 0. The Morgan fingerprint density at radius 2 is 2.24 bits per heavy atom. The number of benzene rings is 1. The first-order valence-electron chi connectivity index (χ1n) is 7.57. The van der Waals surface area contributed by atoms with E-state index in [2.05, 4.69) is 17.1 Å². The minimum atomic E-state index is -0.00757. The highest BCUT2D eigenvalue weighted by molar-refractivity contribution is 5.94. The summed E-state index contributed by atoms with van der Waals surface area (Å²) in [7, 11) is 1.57. The fourth-order valence-electron chi connectivity index (χ4n) is 2.75. The lowest BCUT2D eigenvalue weighted by Gasteiger charge is -2.26. The number of nitrogens with one attached hydrogen (secondary N) is 1. The molecule has 1 aromatic rings. The Kier molecular flexibility index (Phi) is 5.44. The van der Waals surface area contributed by atoms with Gasteiger partial charge in [-0.15, -0.1) is 0 Å². The van der Waals surface area contributed by atoms with Crippen molar-refractivity contribution >= 4 is 17.3 Å². The van der Waals surface area contributed by atoms with E-state index in [1.807, 2.05) is 0 Å². The van der Waals surface area contributed by atoms with E-state index in [4.69, 9.17) is 10.5 Å². The number of nitrogens with zero attached hydrogens (tertiary/aromatic N) is 1. The zero-order chi connectivity index (χ0) is 15.2. The summed E-state index contributed by atoms with van der Waals surface area (Å²) in [6.45, 7) is 3.62. The van der Waals surface area contributed by atoms with Crippen LogP contribution in [-0.4, -0.2) is 37.0 Å². The van der Waals surface area contributed by atoms with Crippen molar-refractivity contribution in [1.82, 2.24) is 4.90 Å². The van der Waals surface area contributed by atoms with Crippen LogP contribution in [0, 0.1) is 0 Å². The van der Waals surface area contributed by atoms with E-state index in [0.717, 1.165) is 6.54 Å². The molecule has 1 fully saturated rings. The molecule has 0 spiro atoms. The number of amides is 1. The summed E-state index contributed by atoms with van der Waals surface area (Å²) in [6, 6.07) is 5.71. The van der Waals surface area contributed by atoms with Gasteiger partial charge in [0.1, 0.15) is 5.75 Å². The number of likely N-dealkylation sites (tertiary alicyclic amines) is 1. The van der Waals surface area contributed by atoms with Gasteiger partial charge in [0.2, 0.25) is 5.91 Å². The van der Waals surface area contributed by atoms with Crippen molar-refractivity contribution in [3.8, 4) is 5.75 Å². The number of nitrogens with two attached hydrogens (primary N) is 1. The van der Waals surface area contributed by atoms with E-state index in [9.17, 15) is 4.79 Å². The van der Waals surface area contributed by atoms with E-state index in [-0.39, 0.29) is 5.91 Å². The van der Waals surface area contributed by atoms with Gasteiger partial charge >= 0.3 is 0 Å². The van der Waals surface area contributed by atoms with Crippen molar-refractivity contribution in [1.29, 1.82) is 0 Å². The molecule has 1 heterocycles. The maximum Gasteiger partial charge on any atom is 0.238 e. The van der Waals surface area contributed by atoms with Gasteiger partial charge in [0, 0.05) is 17.8 Å². The van der Waals surface area contributed by atoms with Gasteiger partial charge in [-0.1, -0.05) is 12.8 Å². The van der Waals surface area contributed by atoms with Crippen LogP contribution in [0.5, 0.6) is 5.75 Å². The predicted molar refractivity (Wildman–Crippen MR) is 85.5 cm³/mol. The van der Waals surface area contributed by atoms with Gasteiger partial charge in [0.05, 0.1) is 19.3 Å². The lowest BCUT2D eigenvalue weighted by Crippen LogP contribution is -2.39. The molecule has 3 N–H and O–H groups in total. The van der Waals surface area contributed by atoms with Gasteiger partial charge in [-0.3, -0.25) is 9.69 Å². The second kappa shape index (κ2) is 7.31. The highest BCUT2D eigenvalue weighted by Crippen LogP contribution is 2.26. The van der Waals surface area contributed by atoms with Crippen LogP contribution >= 0.6 is 0 Å². The summed E-state index contributed by atoms with van der Waals surface area (Å²) in [6.07, 6.45) is 4.85. The molecule has 1 saturated heterocycles. The average molecular weight is 291 g/mol. The van der Waals surface area contributed by atoms with Crippen molar-refractivity contribution in [3.05, 3.63) is 18.2 Å². The largest absolute Gasteiger partial charge is 0.494 e.